The molecular formula is C20H18N4OS. The second-order valence-electron chi connectivity index (χ2n) is 6.00. The maximum atomic E-state index is 12.3. The molecule has 2 aromatic heterocycles. The van der Waals surface area contributed by atoms with Gasteiger partial charge in [-0.05, 0) is 42.3 Å². The Morgan fingerprint density at radius 2 is 2.00 bits per heavy atom. The summed E-state index contributed by atoms with van der Waals surface area (Å²) in [6.07, 6.45) is 13.9. The van der Waals surface area contributed by atoms with Gasteiger partial charge in [0.25, 0.3) is 5.56 Å². The van der Waals surface area contributed by atoms with Crippen molar-refractivity contribution in [2.24, 2.45) is 0 Å². The molecule has 0 amide bonds. The van der Waals surface area contributed by atoms with Crippen LogP contribution in [0.4, 0.5) is 0 Å². The van der Waals surface area contributed by atoms with Crippen molar-refractivity contribution in [2.45, 2.75) is 10.7 Å². The van der Waals surface area contributed by atoms with E-state index in [0.717, 1.165) is 11.3 Å². The zero-order chi connectivity index (χ0) is 18.0. The molecule has 0 bridgehead atoms. The lowest BCUT2D eigenvalue weighted by atomic mass is 9.91. The van der Waals surface area contributed by atoms with Gasteiger partial charge in [-0.25, -0.2) is 4.98 Å². The summed E-state index contributed by atoms with van der Waals surface area (Å²) in [5.41, 5.74) is 1.84. The molecule has 6 heteroatoms. The van der Waals surface area contributed by atoms with Crippen LogP contribution >= 0.6 is 11.8 Å². The van der Waals surface area contributed by atoms with Crippen LogP contribution < -0.4 is 10.9 Å². The van der Waals surface area contributed by atoms with E-state index in [4.69, 9.17) is 0 Å². The number of aromatic amines is 2. The van der Waals surface area contributed by atoms with E-state index in [9.17, 15) is 4.79 Å². The minimum absolute atomic E-state index is 0.139. The number of H-pyrrole nitrogens is 2. The minimum Gasteiger partial charge on any atom is -0.374 e. The summed E-state index contributed by atoms with van der Waals surface area (Å²) in [4.78, 5) is 22.9. The maximum Gasteiger partial charge on any atom is 0.261 e. The number of nitrogens with zero attached hydrogens (tertiary/aromatic N) is 1. The van der Waals surface area contributed by atoms with E-state index in [0.29, 0.717) is 16.2 Å². The molecule has 3 aromatic rings. The number of hydrogen-bond donors (Lipinski definition) is 3. The van der Waals surface area contributed by atoms with Crippen molar-refractivity contribution >= 4 is 28.9 Å². The summed E-state index contributed by atoms with van der Waals surface area (Å²) in [5, 5.41) is 4.54. The number of fused-ring (bicyclic) bond motifs is 1. The number of thioether (sulfide) groups is 1. The Kier molecular flexibility index (Phi) is 4.26. The predicted octanol–water partition coefficient (Wildman–Crippen LogP) is 3.55. The molecule has 1 aliphatic rings. The molecule has 1 aliphatic heterocycles. The van der Waals surface area contributed by atoms with Crippen LogP contribution in [0.15, 0.2) is 76.9 Å². The Bertz CT molecular complexity index is 1080. The molecule has 0 saturated heterocycles. The monoisotopic (exact) mass is 362 g/mol. The molecule has 1 aromatic carbocycles. The zero-order valence-corrected chi connectivity index (χ0v) is 15.0. The van der Waals surface area contributed by atoms with Crippen LogP contribution in [-0.2, 0) is 5.54 Å². The molecule has 3 heterocycles. The SMILES string of the molecule is CSc1nc2[nH]c(C3(/C=C/c4ccccc4)C=CC=CN3)cc2c(=O)[nH]1. The first kappa shape index (κ1) is 16.5. The molecule has 4 rings (SSSR count). The van der Waals surface area contributed by atoms with Crippen LogP contribution in [0.25, 0.3) is 17.1 Å². The summed E-state index contributed by atoms with van der Waals surface area (Å²) in [5.74, 6) is 0. The minimum atomic E-state index is -0.572. The van der Waals surface area contributed by atoms with Gasteiger partial charge >= 0.3 is 0 Å². The van der Waals surface area contributed by atoms with Crippen LogP contribution in [-0.4, -0.2) is 21.2 Å². The predicted molar refractivity (Wildman–Crippen MR) is 107 cm³/mol. The fraction of sp³-hybridized carbons (Fsp3) is 0.100. The maximum absolute atomic E-state index is 12.3. The quantitative estimate of drug-likeness (QED) is 0.490. The highest BCUT2D eigenvalue weighted by atomic mass is 32.2. The highest BCUT2D eigenvalue weighted by Gasteiger charge is 2.29. The fourth-order valence-corrected chi connectivity index (χ4v) is 3.35. The van der Waals surface area contributed by atoms with E-state index in [-0.39, 0.29) is 5.56 Å². The van der Waals surface area contributed by atoms with Gasteiger partial charge in [0.2, 0.25) is 0 Å². The molecule has 0 saturated carbocycles. The number of nitrogens with one attached hydrogen (secondary N) is 3. The highest BCUT2D eigenvalue weighted by molar-refractivity contribution is 7.98. The zero-order valence-electron chi connectivity index (χ0n) is 14.2. The lowest BCUT2D eigenvalue weighted by Gasteiger charge is -2.29. The van der Waals surface area contributed by atoms with E-state index < -0.39 is 5.54 Å². The molecule has 5 nitrogen and oxygen atoms in total. The number of hydrogen-bond acceptors (Lipinski definition) is 4. The molecule has 0 aliphatic carbocycles. The van der Waals surface area contributed by atoms with Gasteiger partial charge in [-0.1, -0.05) is 54.2 Å². The third-order valence-electron chi connectivity index (χ3n) is 4.34. The average molecular weight is 362 g/mol. The van der Waals surface area contributed by atoms with Crippen molar-refractivity contribution in [3.8, 4) is 0 Å². The van der Waals surface area contributed by atoms with Crippen molar-refractivity contribution in [2.75, 3.05) is 6.26 Å². The summed E-state index contributed by atoms with van der Waals surface area (Å²) in [6.45, 7) is 0. The molecule has 1 unspecified atom stereocenters. The van der Waals surface area contributed by atoms with Crippen molar-refractivity contribution in [1.29, 1.82) is 0 Å². The number of benzene rings is 1. The lowest BCUT2D eigenvalue weighted by Crippen LogP contribution is -2.36. The van der Waals surface area contributed by atoms with Gasteiger partial charge in [0.1, 0.15) is 11.2 Å². The summed E-state index contributed by atoms with van der Waals surface area (Å²) in [7, 11) is 0. The second-order valence-corrected chi connectivity index (χ2v) is 6.79. The van der Waals surface area contributed by atoms with Crippen LogP contribution in [0.2, 0.25) is 0 Å². The first-order valence-electron chi connectivity index (χ1n) is 8.24. The molecule has 0 radical (unpaired) electrons. The van der Waals surface area contributed by atoms with E-state index in [2.05, 4.69) is 50.6 Å². The molecular weight excluding hydrogens is 344 g/mol. The van der Waals surface area contributed by atoms with E-state index in [1.165, 1.54) is 11.8 Å². The smallest absolute Gasteiger partial charge is 0.261 e. The number of rotatable bonds is 4. The van der Waals surface area contributed by atoms with Crippen molar-refractivity contribution in [1.82, 2.24) is 20.3 Å². The third kappa shape index (κ3) is 2.99. The lowest BCUT2D eigenvalue weighted by molar-refractivity contribution is 0.577. The second kappa shape index (κ2) is 6.72. The summed E-state index contributed by atoms with van der Waals surface area (Å²) in [6, 6.07) is 12.0. The van der Waals surface area contributed by atoms with Crippen LogP contribution in [0.5, 0.6) is 0 Å². The Balaban J connectivity index is 1.82. The molecule has 26 heavy (non-hydrogen) atoms. The van der Waals surface area contributed by atoms with E-state index >= 15 is 0 Å². The standard InChI is InChI=1S/C20H18N4OS/c1-26-19-23-17-15(18(25)24-19)13-16(22-17)20(10-5-6-12-21-20)11-9-14-7-3-2-4-8-14/h2-13,21H,1H3,(H2,22,23,24,25)/b11-9+. The Labute approximate surface area is 154 Å². The van der Waals surface area contributed by atoms with Gasteiger partial charge in [0, 0.05) is 0 Å². The van der Waals surface area contributed by atoms with Crippen LogP contribution in [0, 0.1) is 0 Å². The van der Waals surface area contributed by atoms with Crippen molar-refractivity contribution in [3.63, 3.8) is 0 Å². The molecule has 1 atom stereocenters. The first-order chi connectivity index (χ1) is 12.7. The largest absolute Gasteiger partial charge is 0.374 e. The summed E-state index contributed by atoms with van der Waals surface area (Å²) < 4.78 is 0. The Hall–Kier alpha value is -2.99. The van der Waals surface area contributed by atoms with E-state index in [1.807, 2.05) is 48.9 Å². The molecule has 3 N–H and O–H groups in total. The number of dihydropyridines is 1. The van der Waals surface area contributed by atoms with Crippen molar-refractivity contribution < 1.29 is 0 Å². The van der Waals surface area contributed by atoms with Crippen molar-refractivity contribution in [3.05, 3.63) is 88.5 Å². The average Bonchev–Trinajstić information content (AvgIpc) is 3.13. The normalized spacial score (nSPS) is 19.3. The van der Waals surface area contributed by atoms with Gasteiger partial charge in [0.05, 0.1) is 11.1 Å². The third-order valence-corrected chi connectivity index (χ3v) is 4.92. The van der Waals surface area contributed by atoms with Gasteiger partial charge < -0.3 is 15.3 Å². The van der Waals surface area contributed by atoms with E-state index in [1.54, 1.807) is 0 Å². The summed E-state index contributed by atoms with van der Waals surface area (Å²) >= 11 is 1.41. The fourth-order valence-electron chi connectivity index (χ4n) is 2.97. The molecule has 130 valence electrons. The van der Waals surface area contributed by atoms with Crippen LogP contribution in [0.1, 0.15) is 11.3 Å². The Morgan fingerprint density at radius 1 is 1.15 bits per heavy atom. The highest BCUT2D eigenvalue weighted by Crippen LogP contribution is 2.29. The van der Waals surface area contributed by atoms with Gasteiger partial charge in [-0.2, -0.15) is 0 Å². The topological polar surface area (TPSA) is 73.6 Å². The van der Waals surface area contributed by atoms with Crippen LogP contribution in [0.3, 0.4) is 0 Å². The number of allylic oxidation sites excluding steroid dienone is 2. The Morgan fingerprint density at radius 3 is 2.73 bits per heavy atom. The molecule has 0 fully saturated rings. The molecule has 0 spiro atoms. The first-order valence-corrected chi connectivity index (χ1v) is 9.46. The number of aromatic nitrogens is 3. The van der Waals surface area contributed by atoms with Gasteiger partial charge in [0.15, 0.2) is 5.16 Å². The van der Waals surface area contributed by atoms with Gasteiger partial charge in [-0.15, -0.1) is 0 Å². The van der Waals surface area contributed by atoms with Gasteiger partial charge in [-0.3, -0.25) is 4.79 Å².